The van der Waals surface area contributed by atoms with Crippen LogP contribution in [0.2, 0.25) is 0 Å². The lowest BCUT2D eigenvalue weighted by atomic mass is 10.0. The van der Waals surface area contributed by atoms with Gasteiger partial charge in [-0.2, -0.15) is 10.5 Å². The van der Waals surface area contributed by atoms with Gasteiger partial charge >= 0.3 is 0 Å². The van der Waals surface area contributed by atoms with E-state index < -0.39 is 0 Å². The van der Waals surface area contributed by atoms with Crippen molar-refractivity contribution in [1.82, 2.24) is 0 Å². The van der Waals surface area contributed by atoms with Crippen LogP contribution in [0.3, 0.4) is 0 Å². The van der Waals surface area contributed by atoms with Crippen LogP contribution in [-0.2, 0) is 0 Å². The minimum absolute atomic E-state index is 0.0148. The third-order valence-electron chi connectivity index (χ3n) is 10.2. The molecule has 62 heavy (non-hydrogen) atoms. The van der Waals surface area contributed by atoms with Gasteiger partial charge in [0.05, 0.1) is 0 Å². The summed E-state index contributed by atoms with van der Waals surface area (Å²) < 4.78 is 27.3. The summed E-state index contributed by atoms with van der Waals surface area (Å²) in [6.07, 6.45) is 0. The van der Waals surface area contributed by atoms with E-state index in [-0.39, 0.29) is 34.1 Å². The second-order valence-corrected chi connectivity index (χ2v) is 14.3. The van der Waals surface area contributed by atoms with Gasteiger partial charge in [0, 0.05) is 0 Å². The molecular formula is C56H36N2O4. The number of benzene rings is 9. The molecule has 0 atom stereocenters. The van der Waals surface area contributed by atoms with Crippen LogP contribution < -0.4 is 18.9 Å². The van der Waals surface area contributed by atoms with Crippen molar-refractivity contribution in [1.29, 1.82) is 10.5 Å². The lowest BCUT2D eigenvalue weighted by Crippen LogP contribution is -2.03. The van der Waals surface area contributed by atoms with Gasteiger partial charge < -0.3 is 18.9 Å². The van der Waals surface area contributed by atoms with E-state index in [1.807, 2.05) is 206 Å². The van der Waals surface area contributed by atoms with Crippen molar-refractivity contribution in [2.75, 3.05) is 0 Å². The van der Waals surface area contributed by atoms with Gasteiger partial charge in [-0.3, -0.25) is 0 Å². The van der Waals surface area contributed by atoms with Crippen molar-refractivity contribution in [3.05, 3.63) is 230 Å². The van der Waals surface area contributed by atoms with Crippen molar-refractivity contribution >= 4 is 0 Å². The highest BCUT2D eigenvalue weighted by atomic mass is 16.6. The predicted molar refractivity (Wildman–Crippen MR) is 244 cm³/mol. The van der Waals surface area contributed by atoms with Crippen LogP contribution in [0.4, 0.5) is 0 Å². The molecule has 0 saturated heterocycles. The smallest absolute Gasteiger partial charge is 0.217 e. The van der Waals surface area contributed by atoms with E-state index >= 15 is 0 Å². The molecule has 0 spiro atoms. The first-order valence-electron chi connectivity index (χ1n) is 20.0. The topological polar surface area (TPSA) is 84.5 Å². The Morgan fingerprint density at radius 1 is 0.242 bits per heavy atom. The minimum Gasteiger partial charge on any atom is -0.452 e. The Hall–Kier alpha value is -8.84. The highest BCUT2D eigenvalue weighted by molar-refractivity contribution is 5.77. The fourth-order valence-corrected chi connectivity index (χ4v) is 7.20. The van der Waals surface area contributed by atoms with Gasteiger partial charge in [0.15, 0.2) is 11.5 Å². The highest BCUT2D eigenvalue weighted by Gasteiger charge is 2.32. The van der Waals surface area contributed by atoms with E-state index in [1.54, 1.807) is 12.1 Å². The molecule has 9 aromatic rings. The Morgan fingerprint density at radius 2 is 0.468 bits per heavy atom. The van der Waals surface area contributed by atoms with E-state index in [0.717, 1.165) is 44.5 Å². The van der Waals surface area contributed by atoms with Crippen LogP contribution in [-0.4, -0.2) is 0 Å². The SMILES string of the molecule is N#Cc1c(C#N)c(Oc2cccc(-c3ccccc3)c2)c(Oc2cccc(-c3ccccc3)c2)c(Oc2cccc(-c3ccccc3)c2)c1Oc1cccc(-c2ccccc2)c1. The molecule has 0 amide bonds. The maximum absolute atomic E-state index is 11.0. The Morgan fingerprint density at radius 3 is 0.710 bits per heavy atom. The second-order valence-electron chi connectivity index (χ2n) is 14.3. The zero-order chi connectivity index (χ0) is 42.1. The Bertz CT molecular complexity index is 2870. The van der Waals surface area contributed by atoms with Gasteiger partial charge in [0.1, 0.15) is 46.3 Å². The van der Waals surface area contributed by atoms with E-state index in [2.05, 4.69) is 12.1 Å². The van der Waals surface area contributed by atoms with Crippen LogP contribution >= 0.6 is 0 Å². The molecule has 0 aliphatic carbocycles. The molecule has 0 aromatic heterocycles. The molecule has 0 aliphatic rings. The number of hydrogen-bond acceptors (Lipinski definition) is 6. The molecule has 0 heterocycles. The second kappa shape index (κ2) is 18.0. The third kappa shape index (κ3) is 8.49. The summed E-state index contributed by atoms with van der Waals surface area (Å²) in [4.78, 5) is 0. The molecule has 6 nitrogen and oxygen atoms in total. The maximum atomic E-state index is 11.0. The minimum atomic E-state index is -0.0913. The molecule has 0 aliphatic heterocycles. The molecule has 6 heteroatoms. The molecule has 0 unspecified atom stereocenters. The zero-order valence-corrected chi connectivity index (χ0v) is 33.3. The number of rotatable bonds is 12. The molecule has 294 valence electrons. The lowest BCUT2D eigenvalue weighted by molar-refractivity contribution is 0.365. The Labute approximate surface area is 360 Å². The average Bonchev–Trinajstić information content (AvgIpc) is 3.34. The van der Waals surface area contributed by atoms with E-state index in [9.17, 15) is 10.5 Å². The summed E-state index contributed by atoms with van der Waals surface area (Å²) in [6.45, 7) is 0. The van der Waals surface area contributed by atoms with E-state index in [4.69, 9.17) is 18.9 Å². The van der Waals surface area contributed by atoms with Gasteiger partial charge in [-0.05, 0) is 93.0 Å². The molecular weight excluding hydrogens is 765 g/mol. The normalized spacial score (nSPS) is 10.5. The highest BCUT2D eigenvalue weighted by Crippen LogP contribution is 2.55. The Kier molecular flexibility index (Phi) is 11.2. The predicted octanol–water partition coefficient (Wildman–Crippen LogP) is 15.3. The fraction of sp³-hybridized carbons (Fsp3) is 0. The molecule has 0 fully saturated rings. The largest absolute Gasteiger partial charge is 0.452 e. The van der Waals surface area contributed by atoms with Crippen molar-refractivity contribution in [3.63, 3.8) is 0 Å². The summed E-state index contributed by atoms with van der Waals surface area (Å²) >= 11 is 0. The van der Waals surface area contributed by atoms with Gasteiger partial charge in [-0.25, -0.2) is 0 Å². The first-order chi connectivity index (χ1) is 30.6. The summed E-state index contributed by atoms with van der Waals surface area (Å²) in [5.74, 6) is 1.74. The van der Waals surface area contributed by atoms with E-state index in [1.165, 1.54) is 0 Å². The zero-order valence-electron chi connectivity index (χ0n) is 33.3. The molecule has 9 rings (SSSR count). The number of nitriles is 2. The molecule has 0 radical (unpaired) electrons. The quantitative estimate of drug-likeness (QED) is 0.122. The van der Waals surface area contributed by atoms with Gasteiger partial charge in [0.2, 0.25) is 11.5 Å². The van der Waals surface area contributed by atoms with Crippen molar-refractivity contribution < 1.29 is 18.9 Å². The molecule has 0 N–H and O–H groups in total. The number of nitrogens with zero attached hydrogens (tertiary/aromatic N) is 2. The molecule has 0 saturated carbocycles. The van der Waals surface area contributed by atoms with E-state index in [0.29, 0.717) is 23.0 Å². The number of ether oxygens (including phenoxy) is 4. The van der Waals surface area contributed by atoms with Crippen molar-refractivity contribution in [3.8, 4) is 103 Å². The molecule has 0 bridgehead atoms. The number of hydrogen-bond donors (Lipinski definition) is 0. The van der Waals surface area contributed by atoms with Gasteiger partial charge in [-0.1, -0.05) is 170 Å². The van der Waals surface area contributed by atoms with Crippen LogP contribution in [0, 0.1) is 22.7 Å². The van der Waals surface area contributed by atoms with Gasteiger partial charge in [-0.15, -0.1) is 0 Å². The van der Waals surface area contributed by atoms with Gasteiger partial charge in [0.25, 0.3) is 0 Å². The fourth-order valence-electron chi connectivity index (χ4n) is 7.20. The monoisotopic (exact) mass is 800 g/mol. The van der Waals surface area contributed by atoms with Crippen LogP contribution in [0.15, 0.2) is 218 Å². The first kappa shape index (κ1) is 38.7. The van der Waals surface area contributed by atoms with Crippen LogP contribution in [0.1, 0.15) is 11.1 Å². The molecule has 9 aromatic carbocycles. The Balaban J connectivity index is 1.27. The standard InChI is InChI=1S/C56H36N2O4/c57-37-51-52(38-58)54(60-48-30-14-26-44(34-48)40-19-7-2-8-20-40)56(62-50-32-16-28-46(36-50)42-23-11-4-12-24-42)55(61-49-31-15-27-45(35-49)41-21-9-3-10-22-41)53(51)59-47-29-13-25-43(33-47)39-17-5-1-6-18-39/h1-36H. The summed E-state index contributed by atoms with van der Waals surface area (Å²) in [6, 6.07) is 74.6. The average molecular weight is 801 g/mol. The van der Waals surface area contributed by atoms with Crippen molar-refractivity contribution in [2.45, 2.75) is 0 Å². The van der Waals surface area contributed by atoms with Crippen LogP contribution in [0.5, 0.6) is 46.0 Å². The first-order valence-corrected chi connectivity index (χ1v) is 20.0. The van der Waals surface area contributed by atoms with Crippen molar-refractivity contribution in [2.24, 2.45) is 0 Å². The third-order valence-corrected chi connectivity index (χ3v) is 10.2. The maximum Gasteiger partial charge on any atom is 0.217 e. The van der Waals surface area contributed by atoms with Crippen LogP contribution in [0.25, 0.3) is 44.5 Å². The summed E-state index contributed by atoms with van der Waals surface area (Å²) in [5, 5.41) is 22.0. The summed E-state index contributed by atoms with van der Waals surface area (Å²) in [7, 11) is 0. The summed E-state index contributed by atoms with van der Waals surface area (Å²) in [5.41, 5.74) is 7.36. The lowest BCUT2D eigenvalue weighted by Gasteiger charge is -2.22.